The van der Waals surface area contributed by atoms with Crippen molar-refractivity contribution < 1.29 is 0 Å². The van der Waals surface area contributed by atoms with Crippen LogP contribution in [0.5, 0.6) is 0 Å². The minimum absolute atomic E-state index is 0.0350. The van der Waals surface area contributed by atoms with Gasteiger partial charge < -0.3 is 0 Å². The molecule has 0 radical (unpaired) electrons. The molecule has 1 aromatic rings. The fraction of sp³-hybridized carbons (Fsp3) is 0.619. The summed E-state index contributed by atoms with van der Waals surface area (Å²) in [5.41, 5.74) is 3.67. The van der Waals surface area contributed by atoms with E-state index in [2.05, 4.69) is 75.6 Å². The summed E-state index contributed by atoms with van der Waals surface area (Å²) in [6, 6.07) is 11.0. The highest BCUT2D eigenvalue weighted by Crippen LogP contribution is 2.74. The molecule has 0 spiro atoms. The van der Waals surface area contributed by atoms with E-state index in [0.717, 1.165) is 0 Å². The van der Waals surface area contributed by atoms with Gasteiger partial charge in [-0.3, -0.25) is 0 Å². The number of hydrogen-bond donors (Lipinski definition) is 0. The van der Waals surface area contributed by atoms with Crippen LogP contribution in [0.15, 0.2) is 52.3 Å². The summed E-state index contributed by atoms with van der Waals surface area (Å²) in [4.78, 5) is 0. The maximum absolute atomic E-state index is 5.06. The molecule has 4 atom stereocenters. The van der Waals surface area contributed by atoms with Gasteiger partial charge in [-0.2, -0.15) is 10.2 Å². The van der Waals surface area contributed by atoms with E-state index in [9.17, 15) is 0 Å². The monoisotopic (exact) mass is 338 g/mol. The fourth-order valence-electron chi connectivity index (χ4n) is 5.85. The summed E-state index contributed by atoms with van der Waals surface area (Å²) < 4.78 is 0. The van der Waals surface area contributed by atoms with Crippen LogP contribution in [0.3, 0.4) is 0 Å². The van der Waals surface area contributed by atoms with Crippen molar-refractivity contribution >= 4 is 8.07 Å². The fourth-order valence-corrected chi connectivity index (χ4v) is 6.60. The molecule has 2 nitrogen and oxygen atoms in total. The average Bonchev–Trinajstić information content (AvgIpc) is 3.13. The van der Waals surface area contributed by atoms with Crippen molar-refractivity contribution in [2.45, 2.75) is 63.8 Å². The first-order valence-corrected chi connectivity index (χ1v) is 13.0. The Morgan fingerprint density at radius 1 is 1.00 bits per heavy atom. The van der Waals surface area contributed by atoms with E-state index >= 15 is 0 Å². The van der Waals surface area contributed by atoms with Crippen molar-refractivity contribution in [3.05, 3.63) is 47.7 Å². The molecule has 3 aliphatic rings. The Hall–Kier alpha value is -1.22. The van der Waals surface area contributed by atoms with Crippen LogP contribution in [0.1, 0.15) is 38.7 Å². The molecule has 128 valence electrons. The molecule has 0 amide bonds. The summed E-state index contributed by atoms with van der Waals surface area (Å²) >= 11 is 0. The van der Waals surface area contributed by atoms with Gasteiger partial charge in [-0.25, -0.2) is 0 Å². The molecule has 1 aliphatic heterocycles. The first kappa shape index (κ1) is 16.3. The number of hydrogen-bond acceptors (Lipinski definition) is 2. The van der Waals surface area contributed by atoms with E-state index in [-0.39, 0.29) is 16.5 Å². The van der Waals surface area contributed by atoms with Gasteiger partial charge in [0.05, 0.1) is 8.07 Å². The van der Waals surface area contributed by atoms with E-state index in [4.69, 9.17) is 10.2 Å². The minimum atomic E-state index is -1.26. The Labute approximate surface area is 147 Å². The maximum atomic E-state index is 5.06. The van der Waals surface area contributed by atoms with E-state index in [1.54, 1.807) is 0 Å². The number of azo groups is 1. The van der Waals surface area contributed by atoms with Crippen molar-refractivity contribution in [3.63, 3.8) is 0 Å². The molecule has 4 rings (SSSR count). The highest BCUT2D eigenvalue weighted by molar-refractivity contribution is 6.80. The van der Waals surface area contributed by atoms with Gasteiger partial charge in [-0.15, -0.1) is 0 Å². The molecular weight excluding hydrogens is 308 g/mol. The number of nitrogens with zero attached hydrogens (tertiary/aromatic N) is 2. The molecular formula is C21H30N2Si. The first-order chi connectivity index (χ1) is 11.2. The number of benzene rings is 1. The molecule has 0 aromatic heterocycles. The average molecular weight is 339 g/mol. The lowest BCUT2D eigenvalue weighted by Gasteiger charge is -2.40. The van der Waals surface area contributed by atoms with E-state index in [0.29, 0.717) is 11.8 Å². The highest BCUT2D eigenvalue weighted by Gasteiger charge is 2.76. The van der Waals surface area contributed by atoms with Crippen LogP contribution in [-0.2, 0) is 5.54 Å². The van der Waals surface area contributed by atoms with Crippen LogP contribution in [0.4, 0.5) is 0 Å². The predicted octanol–water partition coefficient (Wildman–Crippen LogP) is 5.98. The maximum Gasteiger partial charge on any atom is 0.117 e. The summed E-state index contributed by atoms with van der Waals surface area (Å²) in [6.07, 6.45) is 6.42. The number of rotatable bonds is 3. The molecule has 1 aromatic carbocycles. The summed E-state index contributed by atoms with van der Waals surface area (Å²) in [6.45, 7) is 12.1. The number of fused-ring (bicyclic) bond motifs is 5. The minimum Gasteiger partial charge on any atom is -0.181 e. The van der Waals surface area contributed by atoms with Crippen LogP contribution >= 0.6 is 0 Å². The van der Waals surface area contributed by atoms with E-state index < -0.39 is 8.07 Å². The molecule has 3 heteroatoms. The SMILES string of the molecule is CC1(C)[C@@]2(/C=C\[Si](C)(C)C)N=N[C@]1(c1ccccc1)[C@@H]1CCC[C@@H]12. The Morgan fingerprint density at radius 2 is 1.67 bits per heavy atom. The molecule has 0 unspecified atom stereocenters. The lowest BCUT2D eigenvalue weighted by molar-refractivity contribution is 0.164. The molecule has 24 heavy (non-hydrogen) atoms. The second kappa shape index (κ2) is 4.91. The summed E-state index contributed by atoms with van der Waals surface area (Å²) in [7, 11) is -1.26. The van der Waals surface area contributed by atoms with Gasteiger partial charge in [-0.05, 0) is 30.2 Å². The van der Waals surface area contributed by atoms with Crippen LogP contribution in [0, 0.1) is 17.3 Å². The van der Waals surface area contributed by atoms with Crippen molar-refractivity contribution in [1.82, 2.24) is 0 Å². The third kappa shape index (κ3) is 1.82. The molecule has 1 heterocycles. The van der Waals surface area contributed by atoms with E-state index in [1.165, 1.54) is 24.8 Å². The Morgan fingerprint density at radius 3 is 2.33 bits per heavy atom. The van der Waals surface area contributed by atoms with Crippen LogP contribution < -0.4 is 0 Å². The molecule has 0 N–H and O–H groups in total. The van der Waals surface area contributed by atoms with Crippen LogP contribution in [0.25, 0.3) is 0 Å². The zero-order chi connectivity index (χ0) is 17.2. The molecule has 2 saturated carbocycles. The third-order valence-electron chi connectivity index (χ3n) is 7.00. The van der Waals surface area contributed by atoms with Gasteiger partial charge in [0.25, 0.3) is 0 Å². The van der Waals surface area contributed by atoms with Gasteiger partial charge >= 0.3 is 0 Å². The first-order valence-electron chi connectivity index (χ1n) is 9.45. The molecule has 0 saturated heterocycles. The largest absolute Gasteiger partial charge is 0.181 e. The van der Waals surface area contributed by atoms with Gasteiger partial charge in [0, 0.05) is 5.41 Å². The zero-order valence-electron chi connectivity index (χ0n) is 15.7. The summed E-state index contributed by atoms with van der Waals surface area (Å²) in [5, 5.41) is 10.1. The van der Waals surface area contributed by atoms with E-state index in [1.807, 2.05) is 0 Å². The summed E-state index contributed by atoms with van der Waals surface area (Å²) in [5.74, 6) is 1.29. The second-order valence-corrected chi connectivity index (χ2v) is 14.7. The normalized spacial score (nSPS) is 39.7. The predicted molar refractivity (Wildman–Crippen MR) is 103 cm³/mol. The van der Waals surface area contributed by atoms with Crippen molar-refractivity contribution in [2.75, 3.05) is 0 Å². The van der Waals surface area contributed by atoms with Crippen LogP contribution in [0.2, 0.25) is 19.6 Å². The van der Waals surface area contributed by atoms with Gasteiger partial charge in [0.2, 0.25) is 0 Å². The smallest absolute Gasteiger partial charge is 0.117 e. The van der Waals surface area contributed by atoms with Crippen molar-refractivity contribution in [1.29, 1.82) is 0 Å². The second-order valence-electron chi connectivity index (χ2n) is 9.63. The van der Waals surface area contributed by atoms with Gasteiger partial charge in [0.1, 0.15) is 11.1 Å². The molecule has 2 bridgehead atoms. The Kier molecular flexibility index (Phi) is 3.32. The zero-order valence-corrected chi connectivity index (χ0v) is 16.7. The van der Waals surface area contributed by atoms with Crippen molar-refractivity contribution in [2.24, 2.45) is 27.5 Å². The molecule has 2 aliphatic carbocycles. The van der Waals surface area contributed by atoms with Gasteiger partial charge in [0.15, 0.2) is 0 Å². The van der Waals surface area contributed by atoms with Gasteiger partial charge in [-0.1, -0.05) is 82.0 Å². The lowest BCUT2D eigenvalue weighted by Crippen LogP contribution is -2.45. The quantitative estimate of drug-likeness (QED) is 0.606. The third-order valence-corrected chi connectivity index (χ3v) is 8.16. The lowest BCUT2D eigenvalue weighted by atomic mass is 9.63. The Bertz CT molecular complexity index is 700. The standard InChI is InChI=1S/C21H30N2Si/c1-19(2)20(14-15-24(3,4)5)17-12-9-13-18(17)21(19,23-22-20)16-10-7-6-8-11-16/h6-8,10-11,14-15,17-18H,9,12-13H2,1-5H3/b15-14-/t17-,18+,20-,21+/m0/s1. The molecule has 2 fully saturated rings. The Balaban J connectivity index is 1.90. The topological polar surface area (TPSA) is 24.7 Å². The van der Waals surface area contributed by atoms with Crippen molar-refractivity contribution in [3.8, 4) is 0 Å². The highest BCUT2D eigenvalue weighted by atomic mass is 28.3. The van der Waals surface area contributed by atoms with Crippen LogP contribution in [-0.4, -0.2) is 13.6 Å².